The van der Waals surface area contributed by atoms with Gasteiger partial charge < -0.3 is 10.5 Å². The molecular weight excluding hydrogens is 222 g/mol. The zero-order chi connectivity index (χ0) is 11.4. The van der Waals surface area contributed by atoms with E-state index < -0.39 is 0 Å². The van der Waals surface area contributed by atoms with E-state index in [0.29, 0.717) is 0 Å². The van der Waals surface area contributed by atoms with Crippen LogP contribution in [0.3, 0.4) is 0 Å². The van der Waals surface area contributed by atoms with Crippen molar-refractivity contribution in [1.82, 2.24) is 0 Å². The molecule has 1 rings (SSSR count). The van der Waals surface area contributed by atoms with Crippen LogP contribution in [-0.2, 0) is 6.42 Å². The van der Waals surface area contributed by atoms with E-state index in [1.807, 2.05) is 0 Å². The molecule has 1 aromatic carbocycles. The van der Waals surface area contributed by atoms with Crippen LogP contribution < -0.4 is 10.5 Å². The molecule has 0 aliphatic carbocycles. The summed E-state index contributed by atoms with van der Waals surface area (Å²) in [5.74, 6) is 0.929. The molecule has 92 valence electrons. The predicted molar refractivity (Wildman–Crippen MR) is 71.7 cm³/mol. The number of rotatable bonds is 4. The number of methoxy groups -OCH3 is 1. The Hall–Kier alpha value is -0.730. The van der Waals surface area contributed by atoms with E-state index in [4.69, 9.17) is 10.5 Å². The fourth-order valence-corrected chi connectivity index (χ4v) is 1.80. The minimum atomic E-state index is 0. The average molecular weight is 244 g/mol. The van der Waals surface area contributed by atoms with Crippen LogP contribution in [0.2, 0.25) is 0 Å². The van der Waals surface area contributed by atoms with Crippen molar-refractivity contribution in [3.63, 3.8) is 0 Å². The lowest BCUT2D eigenvalue weighted by Gasteiger charge is -2.15. The third kappa shape index (κ3) is 3.69. The lowest BCUT2D eigenvalue weighted by Crippen LogP contribution is -2.22. The van der Waals surface area contributed by atoms with E-state index >= 15 is 0 Å². The summed E-state index contributed by atoms with van der Waals surface area (Å²) in [4.78, 5) is 0. The molecule has 16 heavy (non-hydrogen) atoms. The first-order valence-corrected chi connectivity index (χ1v) is 5.48. The summed E-state index contributed by atoms with van der Waals surface area (Å²) in [6.07, 6.45) is 1.98. The quantitative estimate of drug-likeness (QED) is 0.883. The zero-order valence-electron chi connectivity index (χ0n) is 10.5. The molecule has 0 aliphatic rings. The van der Waals surface area contributed by atoms with Crippen molar-refractivity contribution in [1.29, 1.82) is 0 Å². The van der Waals surface area contributed by atoms with E-state index in [-0.39, 0.29) is 18.4 Å². The summed E-state index contributed by atoms with van der Waals surface area (Å²) >= 11 is 0. The highest BCUT2D eigenvalue weighted by atomic mass is 35.5. The van der Waals surface area contributed by atoms with E-state index in [0.717, 1.165) is 18.6 Å². The number of hydrogen-bond donors (Lipinski definition) is 1. The Bertz CT molecular complexity index is 316. The van der Waals surface area contributed by atoms with Crippen LogP contribution in [0.1, 0.15) is 30.0 Å². The normalized spacial score (nSPS) is 11.8. The number of benzene rings is 1. The number of ether oxygens (including phenoxy) is 1. The van der Waals surface area contributed by atoms with Gasteiger partial charge >= 0.3 is 0 Å². The first-order chi connectivity index (χ1) is 7.08. The van der Waals surface area contributed by atoms with Gasteiger partial charge in [-0.1, -0.05) is 6.92 Å². The zero-order valence-corrected chi connectivity index (χ0v) is 11.4. The maximum absolute atomic E-state index is 5.98. The topological polar surface area (TPSA) is 35.2 Å². The fraction of sp³-hybridized carbons (Fsp3) is 0.538. The van der Waals surface area contributed by atoms with Crippen molar-refractivity contribution in [2.45, 2.75) is 39.7 Å². The second-order valence-electron chi connectivity index (χ2n) is 4.11. The smallest absolute Gasteiger partial charge is 0.119 e. The third-order valence-corrected chi connectivity index (χ3v) is 2.90. The van der Waals surface area contributed by atoms with Crippen LogP contribution in [0, 0.1) is 13.8 Å². The van der Waals surface area contributed by atoms with Gasteiger partial charge in [0.2, 0.25) is 0 Å². The fourth-order valence-electron chi connectivity index (χ4n) is 1.80. The molecule has 0 aliphatic heterocycles. The summed E-state index contributed by atoms with van der Waals surface area (Å²) in [5.41, 5.74) is 9.90. The van der Waals surface area contributed by atoms with E-state index in [1.54, 1.807) is 7.11 Å². The van der Waals surface area contributed by atoms with Gasteiger partial charge in [0.25, 0.3) is 0 Å². The van der Waals surface area contributed by atoms with Crippen molar-refractivity contribution in [3.8, 4) is 5.75 Å². The van der Waals surface area contributed by atoms with Crippen LogP contribution in [0.5, 0.6) is 5.75 Å². The lowest BCUT2D eigenvalue weighted by molar-refractivity contribution is 0.414. The van der Waals surface area contributed by atoms with Crippen LogP contribution in [0.25, 0.3) is 0 Å². The summed E-state index contributed by atoms with van der Waals surface area (Å²) in [6.45, 7) is 6.36. The van der Waals surface area contributed by atoms with Gasteiger partial charge in [0.05, 0.1) is 7.11 Å². The average Bonchev–Trinajstić information content (AvgIpc) is 2.22. The summed E-state index contributed by atoms with van der Waals surface area (Å²) in [6, 6.07) is 4.41. The molecule has 0 spiro atoms. The first kappa shape index (κ1) is 15.3. The Balaban J connectivity index is 0.00000225. The Labute approximate surface area is 105 Å². The minimum Gasteiger partial charge on any atom is -0.497 e. The van der Waals surface area contributed by atoms with Crippen molar-refractivity contribution in [2.24, 2.45) is 5.73 Å². The highest BCUT2D eigenvalue weighted by Gasteiger charge is 2.08. The van der Waals surface area contributed by atoms with Gasteiger partial charge in [-0.3, -0.25) is 0 Å². The SMILES string of the molecule is CCC(N)Cc1c(C)cc(OC)cc1C.Cl. The van der Waals surface area contributed by atoms with Crippen molar-refractivity contribution < 1.29 is 4.74 Å². The van der Waals surface area contributed by atoms with Gasteiger partial charge in [-0.25, -0.2) is 0 Å². The predicted octanol–water partition coefficient (Wildman–Crippen LogP) is 3.01. The summed E-state index contributed by atoms with van der Waals surface area (Å²) in [7, 11) is 1.70. The van der Waals surface area contributed by atoms with Gasteiger partial charge in [-0.2, -0.15) is 0 Å². The molecule has 0 amide bonds. The molecule has 2 nitrogen and oxygen atoms in total. The molecule has 2 N–H and O–H groups in total. The maximum atomic E-state index is 5.98. The first-order valence-electron chi connectivity index (χ1n) is 5.48. The number of nitrogens with two attached hydrogens (primary N) is 1. The molecule has 3 heteroatoms. The van der Waals surface area contributed by atoms with E-state index in [2.05, 4.69) is 32.9 Å². The Morgan fingerprint density at radius 2 is 1.75 bits per heavy atom. The van der Waals surface area contributed by atoms with E-state index in [9.17, 15) is 0 Å². The highest BCUT2D eigenvalue weighted by molar-refractivity contribution is 5.85. The van der Waals surface area contributed by atoms with Crippen LogP contribution in [-0.4, -0.2) is 13.2 Å². The van der Waals surface area contributed by atoms with Crippen molar-refractivity contribution >= 4 is 12.4 Å². The molecule has 0 heterocycles. The molecular formula is C13H22ClNO. The summed E-state index contributed by atoms with van der Waals surface area (Å²) in [5, 5.41) is 0. The van der Waals surface area contributed by atoms with Gasteiger partial charge in [0.1, 0.15) is 5.75 Å². The van der Waals surface area contributed by atoms with Gasteiger partial charge in [-0.05, 0) is 55.5 Å². The number of hydrogen-bond acceptors (Lipinski definition) is 2. The molecule has 1 aromatic rings. The standard InChI is InChI=1S/C13H21NO.ClH/c1-5-11(14)8-13-9(2)6-12(15-4)7-10(13)3;/h6-7,11H,5,8,14H2,1-4H3;1H. The number of halogens is 1. The molecule has 0 radical (unpaired) electrons. The van der Waals surface area contributed by atoms with Crippen molar-refractivity contribution in [3.05, 3.63) is 28.8 Å². The molecule has 0 bridgehead atoms. The summed E-state index contributed by atoms with van der Waals surface area (Å²) < 4.78 is 5.23. The molecule has 0 saturated carbocycles. The Morgan fingerprint density at radius 1 is 1.25 bits per heavy atom. The second kappa shape index (κ2) is 6.77. The van der Waals surface area contributed by atoms with E-state index in [1.165, 1.54) is 16.7 Å². The van der Waals surface area contributed by atoms with Crippen LogP contribution >= 0.6 is 12.4 Å². The number of aryl methyl sites for hydroxylation is 2. The van der Waals surface area contributed by atoms with Crippen LogP contribution in [0.4, 0.5) is 0 Å². The molecule has 0 aromatic heterocycles. The van der Waals surface area contributed by atoms with Gasteiger partial charge in [0.15, 0.2) is 0 Å². The molecule has 0 saturated heterocycles. The maximum Gasteiger partial charge on any atom is 0.119 e. The molecule has 0 fully saturated rings. The van der Waals surface area contributed by atoms with Gasteiger partial charge in [0, 0.05) is 6.04 Å². The Morgan fingerprint density at radius 3 is 2.12 bits per heavy atom. The molecule has 1 unspecified atom stereocenters. The highest BCUT2D eigenvalue weighted by Crippen LogP contribution is 2.22. The van der Waals surface area contributed by atoms with Crippen LogP contribution in [0.15, 0.2) is 12.1 Å². The van der Waals surface area contributed by atoms with Crippen molar-refractivity contribution in [2.75, 3.05) is 7.11 Å². The second-order valence-corrected chi connectivity index (χ2v) is 4.11. The van der Waals surface area contributed by atoms with Gasteiger partial charge in [-0.15, -0.1) is 12.4 Å². The largest absolute Gasteiger partial charge is 0.497 e. The Kier molecular flexibility index (Phi) is 6.46. The monoisotopic (exact) mass is 243 g/mol. The third-order valence-electron chi connectivity index (χ3n) is 2.90. The lowest BCUT2D eigenvalue weighted by atomic mass is 9.95. The minimum absolute atomic E-state index is 0. The molecule has 1 atom stereocenters.